The monoisotopic (exact) mass is 482 g/mol. The first-order valence-corrected chi connectivity index (χ1v) is 11.5. The minimum atomic E-state index is -4.42. The molecule has 0 saturated heterocycles. The summed E-state index contributed by atoms with van der Waals surface area (Å²) in [7, 11) is 0. The van der Waals surface area contributed by atoms with Crippen LogP contribution < -0.4 is 11.1 Å². The van der Waals surface area contributed by atoms with Crippen LogP contribution in [0.25, 0.3) is 11.3 Å². The molecule has 0 radical (unpaired) electrons. The molecule has 170 valence electrons. The van der Waals surface area contributed by atoms with Crippen LogP contribution in [0, 0.1) is 0 Å². The Morgan fingerprint density at radius 1 is 1.31 bits per heavy atom. The van der Waals surface area contributed by atoms with Gasteiger partial charge in [0.25, 0.3) is 5.91 Å². The smallest absolute Gasteiger partial charge is 0.347 e. The van der Waals surface area contributed by atoms with Crippen LogP contribution in [0.3, 0.4) is 0 Å². The lowest BCUT2D eigenvalue weighted by Crippen LogP contribution is -2.41. The standard InChI is InChI=1S/C22H22ClF3N4OS/c23-17-12-28-30-7-2-1-6-18-16(20(17)30)10-19(32-18)21(31)29-15(11-27)9-13-4-3-5-14(8-13)22(24,25)26/h3-5,8,10,12,15H,1-2,6-7,9,11,27H2,(H,29,31)/t15-/m0/s1. The zero-order valence-corrected chi connectivity index (χ0v) is 18.7. The molecule has 32 heavy (non-hydrogen) atoms. The van der Waals surface area contributed by atoms with Gasteiger partial charge in [0, 0.05) is 29.6 Å². The van der Waals surface area contributed by atoms with E-state index < -0.39 is 17.8 Å². The van der Waals surface area contributed by atoms with Crippen LogP contribution in [0.4, 0.5) is 13.2 Å². The predicted octanol–water partition coefficient (Wildman–Crippen LogP) is 4.92. The van der Waals surface area contributed by atoms with Gasteiger partial charge in [0.05, 0.1) is 27.4 Å². The Bertz CT molecular complexity index is 1120. The lowest BCUT2D eigenvalue weighted by Gasteiger charge is -2.17. The molecule has 0 bridgehead atoms. The van der Waals surface area contributed by atoms with E-state index in [1.54, 1.807) is 12.3 Å². The average Bonchev–Trinajstić information content (AvgIpc) is 3.31. The number of carbonyl (C=O) groups is 1. The number of hydrogen-bond donors (Lipinski definition) is 2. The second kappa shape index (κ2) is 9.25. The van der Waals surface area contributed by atoms with Gasteiger partial charge in [-0.3, -0.25) is 9.48 Å². The van der Waals surface area contributed by atoms with Crippen LogP contribution in [0.1, 0.15) is 38.5 Å². The Labute approximate surface area is 192 Å². The fraction of sp³-hybridized carbons (Fsp3) is 0.364. The van der Waals surface area contributed by atoms with Gasteiger partial charge in [-0.1, -0.05) is 29.8 Å². The largest absolute Gasteiger partial charge is 0.416 e. The summed E-state index contributed by atoms with van der Waals surface area (Å²) in [6, 6.07) is 6.40. The minimum Gasteiger partial charge on any atom is -0.347 e. The molecule has 1 aliphatic rings. The van der Waals surface area contributed by atoms with E-state index in [0.29, 0.717) is 15.5 Å². The molecule has 4 rings (SSSR count). The molecule has 5 nitrogen and oxygen atoms in total. The van der Waals surface area contributed by atoms with E-state index in [0.717, 1.165) is 54.1 Å². The van der Waals surface area contributed by atoms with Crippen LogP contribution in [-0.4, -0.2) is 28.3 Å². The molecule has 10 heteroatoms. The number of aryl methyl sites for hydroxylation is 2. The molecule has 0 spiro atoms. The molecule has 3 aromatic rings. The maximum absolute atomic E-state index is 13.0. The summed E-state index contributed by atoms with van der Waals surface area (Å²) < 4.78 is 40.8. The Morgan fingerprint density at radius 3 is 2.88 bits per heavy atom. The number of amides is 1. The Morgan fingerprint density at radius 2 is 2.12 bits per heavy atom. The molecular weight excluding hydrogens is 461 g/mol. The van der Waals surface area contributed by atoms with Gasteiger partial charge >= 0.3 is 6.18 Å². The summed E-state index contributed by atoms with van der Waals surface area (Å²) in [5, 5.41) is 7.75. The van der Waals surface area contributed by atoms with Crippen molar-refractivity contribution in [1.82, 2.24) is 15.1 Å². The van der Waals surface area contributed by atoms with E-state index >= 15 is 0 Å². The maximum atomic E-state index is 13.0. The topological polar surface area (TPSA) is 72.9 Å². The Balaban J connectivity index is 1.53. The molecule has 0 aliphatic carbocycles. The number of carbonyl (C=O) groups excluding carboxylic acids is 1. The van der Waals surface area contributed by atoms with Crippen LogP contribution in [0.2, 0.25) is 5.02 Å². The zero-order chi connectivity index (χ0) is 22.9. The van der Waals surface area contributed by atoms with Gasteiger partial charge in [-0.25, -0.2) is 0 Å². The highest BCUT2D eigenvalue weighted by molar-refractivity contribution is 7.14. The van der Waals surface area contributed by atoms with Crippen LogP contribution >= 0.6 is 22.9 Å². The van der Waals surface area contributed by atoms with E-state index in [1.807, 2.05) is 10.7 Å². The van der Waals surface area contributed by atoms with E-state index in [2.05, 4.69) is 10.4 Å². The first-order valence-electron chi connectivity index (χ1n) is 10.3. The Hall–Kier alpha value is -2.36. The molecular formula is C22H22ClF3N4OS. The number of nitrogens with one attached hydrogen (secondary N) is 1. The van der Waals surface area contributed by atoms with E-state index in [-0.39, 0.29) is 18.9 Å². The number of benzene rings is 1. The minimum absolute atomic E-state index is 0.103. The van der Waals surface area contributed by atoms with Crippen molar-refractivity contribution in [2.24, 2.45) is 5.73 Å². The number of halogens is 4. The average molecular weight is 483 g/mol. The summed E-state index contributed by atoms with van der Waals surface area (Å²) in [6.45, 7) is 0.872. The second-order valence-corrected chi connectivity index (χ2v) is 9.32. The molecule has 1 aliphatic heterocycles. The summed E-state index contributed by atoms with van der Waals surface area (Å²) in [6.07, 6.45) is 0.194. The second-order valence-electron chi connectivity index (χ2n) is 7.78. The lowest BCUT2D eigenvalue weighted by molar-refractivity contribution is -0.137. The molecule has 0 fully saturated rings. The van der Waals surface area contributed by atoms with Crippen LogP contribution in [0.15, 0.2) is 36.5 Å². The highest BCUT2D eigenvalue weighted by atomic mass is 35.5. The molecule has 0 unspecified atom stereocenters. The fourth-order valence-electron chi connectivity index (χ4n) is 3.88. The fourth-order valence-corrected chi connectivity index (χ4v) is 5.23. The van der Waals surface area contributed by atoms with Crippen LogP contribution in [0.5, 0.6) is 0 Å². The summed E-state index contributed by atoms with van der Waals surface area (Å²) in [5.41, 5.74) is 7.28. The van der Waals surface area contributed by atoms with Crippen molar-refractivity contribution >= 4 is 28.8 Å². The van der Waals surface area contributed by atoms with E-state index in [4.69, 9.17) is 17.3 Å². The van der Waals surface area contributed by atoms with Gasteiger partial charge in [-0.15, -0.1) is 11.3 Å². The number of nitrogens with zero attached hydrogens (tertiary/aromatic N) is 2. The zero-order valence-electron chi connectivity index (χ0n) is 17.1. The molecule has 1 aromatic carbocycles. The van der Waals surface area contributed by atoms with Gasteiger partial charge in [0.2, 0.25) is 0 Å². The highest BCUT2D eigenvalue weighted by Gasteiger charge is 2.30. The number of thiophene rings is 1. The van der Waals surface area contributed by atoms with Crippen molar-refractivity contribution in [1.29, 1.82) is 0 Å². The Kier molecular flexibility index (Phi) is 6.60. The number of fused-ring (bicyclic) bond motifs is 3. The SMILES string of the molecule is NC[C@H](Cc1cccc(C(F)(F)F)c1)NC(=O)c1cc2c(s1)CCCCn1ncc(Cl)c1-2. The number of alkyl halides is 3. The third-order valence-corrected chi connectivity index (χ3v) is 6.93. The third kappa shape index (κ3) is 4.84. The van der Waals surface area contributed by atoms with Crippen molar-refractivity contribution in [2.75, 3.05) is 6.54 Å². The molecule has 3 N–H and O–H groups in total. The summed E-state index contributed by atoms with van der Waals surface area (Å²) in [4.78, 5) is 14.6. The van der Waals surface area contributed by atoms with Gasteiger partial charge in [0.1, 0.15) is 0 Å². The molecule has 1 amide bonds. The number of rotatable bonds is 5. The van der Waals surface area contributed by atoms with Crippen molar-refractivity contribution in [3.05, 3.63) is 62.4 Å². The summed E-state index contributed by atoms with van der Waals surface area (Å²) in [5.74, 6) is -0.300. The number of nitrogens with two attached hydrogens (primary N) is 1. The first-order chi connectivity index (χ1) is 15.3. The quantitative estimate of drug-likeness (QED) is 0.542. The highest BCUT2D eigenvalue weighted by Crippen LogP contribution is 2.38. The lowest BCUT2D eigenvalue weighted by atomic mass is 10.0. The van der Waals surface area contributed by atoms with Gasteiger partial charge in [-0.2, -0.15) is 18.3 Å². The van der Waals surface area contributed by atoms with Gasteiger partial charge in [-0.05, 0) is 43.4 Å². The number of aromatic nitrogens is 2. The van der Waals surface area contributed by atoms with E-state index in [9.17, 15) is 18.0 Å². The van der Waals surface area contributed by atoms with Crippen molar-refractivity contribution < 1.29 is 18.0 Å². The molecule has 2 aromatic heterocycles. The van der Waals surface area contributed by atoms with Crippen molar-refractivity contribution in [2.45, 2.75) is 44.4 Å². The van der Waals surface area contributed by atoms with E-state index in [1.165, 1.54) is 17.4 Å². The van der Waals surface area contributed by atoms with Gasteiger partial charge in [0.15, 0.2) is 0 Å². The van der Waals surface area contributed by atoms with Crippen molar-refractivity contribution in [3.8, 4) is 11.3 Å². The van der Waals surface area contributed by atoms with Crippen LogP contribution in [-0.2, 0) is 25.6 Å². The van der Waals surface area contributed by atoms with Gasteiger partial charge < -0.3 is 11.1 Å². The first kappa shape index (κ1) is 22.8. The maximum Gasteiger partial charge on any atom is 0.416 e. The normalized spacial score (nSPS) is 14.8. The molecule has 3 heterocycles. The predicted molar refractivity (Wildman–Crippen MR) is 119 cm³/mol. The molecule has 1 atom stereocenters. The third-order valence-electron chi connectivity index (χ3n) is 5.46. The number of hydrogen-bond acceptors (Lipinski definition) is 4. The molecule has 0 saturated carbocycles. The van der Waals surface area contributed by atoms with Crippen molar-refractivity contribution in [3.63, 3.8) is 0 Å². The summed E-state index contributed by atoms with van der Waals surface area (Å²) >= 11 is 7.77.